The number of β-lactam (4-membered cyclic amide) rings is 1. The van der Waals surface area contributed by atoms with Crippen LogP contribution in [0.3, 0.4) is 0 Å². The molecule has 8 rings (SSSR count). The van der Waals surface area contributed by atoms with Gasteiger partial charge in [0.15, 0.2) is 0 Å². The van der Waals surface area contributed by atoms with Gasteiger partial charge in [0, 0.05) is 19.1 Å². The number of likely N-dealkylation sites (tertiary alicyclic amines) is 1. The van der Waals surface area contributed by atoms with E-state index in [1.54, 1.807) is 0 Å². The molecule has 0 spiro atoms. The lowest BCUT2D eigenvalue weighted by Gasteiger charge is -2.66. The number of rotatable bonds is 3. The molecule has 3 atom stereocenters. The second-order valence-corrected chi connectivity index (χ2v) is 12.0. The molecule has 4 bridgehead atoms. The van der Waals surface area contributed by atoms with E-state index in [0.29, 0.717) is 17.8 Å². The third kappa shape index (κ3) is 3.16. The first-order valence-electron chi connectivity index (χ1n) is 13.0. The van der Waals surface area contributed by atoms with Crippen LogP contribution >= 0.6 is 0 Å². The van der Waals surface area contributed by atoms with Gasteiger partial charge in [0.2, 0.25) is 5.91 Å². The van der Waals surface area contributed by atoms with E-state index in [2.05, 4.69) is 66.5 Å². The summed E-state index contributed by atoms with van der Waals surface area (Å²) in [6.45, 7) is 6.40. The number of fused-ring (bicyclic) bond motifs is 1. The molecule has 3 unspecified atom stereocenters. The van der Waals surface area contributed by atoms with Gasteiger partial charge >= 0.3 is 5.97 Å². The molecule has 6 fully saturated rings. The van der Waals surface area contributed by atoms with Gasteiger partial charge in [-0.25, -0.2) is 5.32 Å². The number of amides is 1. The van der Waals surface area contributed by atoms with Gasteiger partial charge in [-0.15, -0.1) is 0 Å². The first-order chi connectivity index (χ1) is 16.3. The molecule has 5 nitrogen and oxygen atoms in total. The summed E-state index contributed by atoms with van der Waals surface area (Å²) >= 11 is 0. The van der Waals surface area contributed by atoms with Crippen LogP contribution in [0.1, 0.15) is 64.0 Å². The van der Waals surface area contributed by atoms with Crippen molar-refractivity contribution >= 4 is 22.6 Å². The van der Waals surface area contributed by atoms with Crippen LogP contribution < -0.4 is 5.32 Å². The maximum atomic E-state index is 13.4. The summed E-state index contributed by atoms with van der Waals surface area (Å²) in [5, 5.41) is 16.3. The quantitative estimate of drug-likeness (QED) is 0.655. The summed E-state index contributed by atoms with van der Waals surface area (Å²) in [5.41, 5.74) is 0.272. The van der Waals surface area contributed by atoms with E-state index in [1.165, 1.54) is 22.8 Å². The van der Waals surface area contributed by atoms with Crippen LogP contribution in [0.5, 0.6) is 0 Å². The maximum Gasteiger partial charge on any atom is 0.309 e. The van der Waals surface area contributed by atoms with E-state index in [-0.39, 0.29) is 18.0 Å². The summed E-state index contributed by atoms with van der Waals surface area (Å²) in [7, 11) is 0. The molecule has 2 saturated heterocycles. The zero-order valence-corrected chi connectivity index (χ0v) is 20.2. The first kappa shape index (κ1) is 22.1. The fourth-order valence-corrected chi connectivity index (χ4v) is 8.06. The monoisotopic (exact) mass is 459 g/mol. The summed E-state index contributed by atoms with van der Waals surface area (Å²) in [5.74, 6) is 0.800. The number of nitrogens with zero attached hydrogens (tertiary/aromatic N) is 2. The van der Waals surface area contributed by atoms with E-state index in [4.69, 9.17) is 0 Å². The number of carbonyl (C=O) groups is 2. The van der Waals surface area contributed by atoms with Crippen molar-refractivity contribution in [3.8, 4) is 0 Å². The molecule has 4 aliphatic carbocycles. The zero-order chi connectivity index (χ0) is 23.7. The molecular weight excluding hydrogens is 424 g/mol. The van der Waals surface area contributed by atoms with Crippen molar-refractivity contribution < 1.29 is 14.7 Å². The lowest BCUT2D eigenvalue weighted by Crippen LogP contribution is -2.70. The standard InChI is InChI=1S/C26H29NO3.C3H6N/c1-25(2)22(20-9-5-7-16-6-3-4-8-19(16)20)27(23(25)28)21-17-10-15-11-18(21)14-26(12-15,13-17)24(29)30;1-2-4-3-1/h3-9,15,17-18,21-22H,10-14H2,1-2H3,(H,29,30);1-3H2. The molecule has 6 aliphatic rings. The minimum atomic E-state index is -0.610. The normalized spacial score (nSPS) is 36.9. The van der Waals surface area contributed by atoms with Gasteiger partial charge in [0.1, 0.15) is 0 Å². The van der Waals surface area contributed by atoms with E-state index in [9.17, 15) is 14.7 Å². The molecule has 1 amide bonds. The van der Waals surface area contributed by atoms with Crippen molar-refractivity contribution in [2.24, 2.45) is 28.6 Å². The van der Waals surface area contributed by atoms with E-state index < -0.39 is 16.8 Å². The fourth-order valence-electron chi connectivity index (χ4n) is 8.06. The summed E-state index contributed by atoms with van der Waals surface area (Å²) in [4.78, 5) is 27.8. The predicted octanol–water partition coefficient (Wildman–Crippen LogP) is 5.02. The second kappa shape index (κ2) is 7.81. The minimum Gasteiger partial charge on any atom is -0.481 e. The average Bonchev–Trinajstić information content (AvgIpc) is 2.76. The predicted molar refractivity (Wildman–Crippen MR) is 131 cm³/mol. The van der Waals surface area contributed by atoms with Gasteiger partial charge in [0.05, 0.1) is 16.9 Å². The number of benzene rings is 2. The Morgan fingerprint density at radius 1 is 1.00 bits per heavy atom. The van der Waals surface area contributed by atoms with Crippen LogP contribution in [-0.4, -0.2) is 41.0 Å². The van der Waals surface area contributed by atoms with Crippen LogP contribution in [-0.2, 0) is 9.59 Å². The summed E-state index contributed by atoms with van der Waals surface area (Å²) in [6, 6.07) is 15.1. The van der Waals surface area contributed by atoms with Crippen LogP contribution in [0, 0.1) is 28.6 Å². The Labute approximate surface area is 201 Å². The number of hydrogen-bond donors (Lipinski definition) is 1. The molecule has 1 radical (unpaired) electrons. The van der Waals surface area contributed by atoms with E-state index in [1.807, 2.05) is 0 Å². The van der Waals surface area contributed by atoms with Crippen molar-refractivity contribution in [1.82, 2.24) is 10.2 Å². The first-order valence-corrected chi connectivity index (χ1v) is 13.0. The molecule has 0 aromatic heterocycles. The average molecular weight is 460 g/mol. The molecule has 1 N–H and O–H groups in total. The molecule has 4 saturated carbocycles. The van der Waals surface area contributed by atoms with Crippen LogP contribution in [0.25, 0.3) is 10.8 Å². The Kier molecular flexibility index (Phi) is 5.07. The number of hydrogen-bond acceptors (Lipinski definition) is 2. The molecule has 2 aromatic rings. The van der Waals surface area contributed by atoms with Crippen LogP contribution in [0.2, 0.25) is 0 Å². The van der Waals surface area contributed by atoms with Crippen molar-refractivity contribution in [3.63, 3.8) is 0 Å². The Morgan fingerprint density at radius 3 is 2.24 bits per heavy atom. The number of carboxylic acids is 1. The van der Waals surface area contributed by atoms with Crippen molar-refractivity contribution in [1.29, 1.82) is 0 Å². The second-order valence-electron chi connectivity index (χ2n) is 12.0. The molecule has 2 aliphatic heterocycles. The van der Waals surface area contributed by atoms with Crippen LogP contribution in [0.15, 0.2) is 42.5 Å². The highest BCUT2D eigenvalue weighted by atomic mass is 16.4. The molecular formula is C29H35N2O3. The Balaban J connectivity index is 0.000000495. The van der Waals surface area contributed by atoms with Gasteiger partial charge in [-0.2, -0.15) is 0 Å². The van der Waals surface area contributed by atoms with Crippen molar-refractivity contribution in [2.75, 3.05) is 13.1 Å². The largest absolute Gasteiger partial charge is 0.481 e. The Hall–Kier alpha value is -2.40. The minimum absolute atomic E-state index is 0.0550. The van der Waals surface area contributed by atoms with Crippen molar-refractivity contribution in [2.45, 2.75) is 64.5 Å². The molecule has 34 heavy (non-hydrogen) atoms. The zero-order valence-electron chi connectivity index (χ0n) is 20.2. The lowest BCUT2D eigenvalue weighted by atomic mass is 9.47. The number of carboxylic acid groups (broad SMARTS) is 1. The lowest BCUT2D eigenvalue weighted by molar-refractivity contribution is -0.202. The van der Waals surface area contributed by atoms with Gasteiger partial charge in [-0.1, -0.05) is 42.5 Å². The third-order valence-electron chi connectivity index (χ3n) is 9.50. The summed E-state index contributed by atoms with van der Waals surface area (Å²) < 4.78 is 0. The smallest absolute Gasteiger partial charge is 0.309 e. The number of aliphatic carboxylic acids is 1. The SMILES string of the molecule is C1C[N]C1.CC1(C)C(=O)N(C2C3CC4CC2CC(C(=O)O)(C4)C3)C1c1cccc2ccccc12. The highest BCUT2D eigenvalue weighted by Crippen LogP contribution is 2.64. The third-order valence-corrected chi connectivity index (χ3v) is 9.50. The molecule has 2 aromatic carbocycles. The highest BCUT2D eigenvalue weighted by molar-refractivity contribution is 5.94. The van der Waals surface area contributed by atoms with Gasteiger partial charge in [-0.05, 0) is 86.5 Å². The Bertz CT molecular complexity index is 1110. The molecule has 5 heteroatoms. The highest BCUT2D eigenvalue weighted by Gasteiger charge is 2.65. The fraction of sp³-hybridized carbons (Fsp3) is 0.586. The van der Waals surface area contributed by atoms with Gasteiger partial charge < -0.3 is 10.0 Å². The topological polar surface area (TPSA) is 71.7 Å². The molecule has 179 valence electrons. The van der Waals surface area contributed by atoms with E-state index >= 15 is 0 Å². The van der Waals surface area contributed by atoms with Crippen LogP contribution in [0.4, 0.5) is 0 Å². The van der Waals surface area contributed by atoms with Gasteiger partial charge in [0.25, 0.3) is 0 Å². The molecule has 2 heterocycles. The van der Waals surface area contributed by atoms with E-state index in [0.717, 1.165) is 45.2 Å². The summed E-state index contributed by atoms with van der Waals surface area (Å²) in [6.07, 6.45) is 5.83. The number of carbonyl (C=O) groups excluding carboxylic acids is 1. The van der Waals surface area contributed by atoms with Gasteiger partial charge in [-0.3, -0.25) is 9.59 Å². The van der Waals surface area contributed by atoms with Crippen molar-refractivity contribution in [3.05, 3.63) is 48.0 Å². The Morgan fingerprint density at radius 2 is 1.62 bits per heavy atom. The maximum absolute atomic E-state index is 13.4.